The van der Waals surface area contributed by atoms with Crippen LogP contribution in [0.2, 0.25) is 39.3 Å². The van der Waals surface area contributed by atoms with Crippen LogP contribution in [0.15, 0.2) is 30.5 Å². The summed E-state index contributed by atoms with van der Waals surface area (Å²) in [5, 5.41) is 1.33. The van der Waals surface area contributed by atoms with Gasteiger partial charge in [-0.1, -0.05) is 37.8 Å². The fraction of sp³-hybridized carbons (Fsp3) is 0.500. The molecule has 1 aromatic heterocycles. The van der Waals surface area contributed by atoms with Gasteiger partial charge in [-0.05, 0) is 50.3 Å². The monoisotopic (exact) mass is 347 g/mol. The van der Waals surface area contributed by atoms with Crippen LogP contribution in [0.5, 0.6) is 0 Å². The van der Waals surface area contributed by atoms with Crippen molar-refractivity contribution >= 4 is 33.4 Å². The van der Waals surface area contributed by atoms with Gasteiger partial charge in [0.05, 0.1) is 0 Å². The lowest BCUT2D eigenvalue weighted by molar-refractivity contribution is -0.135. The second kappa shape index (κ2) is 6.65. The predicted molar refractivity (Wildman–Crippen MR) is 103 cm³/mol. The van der Waals surface area contributed by atoms with E-state index >= 15 is 0 Å². The minimum atomic E-state index is -1.76. The molecule has 2 aromatic rings. The molecule has 5 heteroatoms. The molecule has 0 aliphatic carbocycles. The molecule has 23 heavy (non-hydrogen) atoms. The van der Waals surface area contributed by atoms with Crippen LogP contribution in [0.3, 0.4) is 0 Å². The number of hydrogen-bond acceptors (Lipinski definition) is 2. The molecular formula is C18H29NO2Si2. The normalized spacial score (nSPS) is 12.6. The lowest BCUT2D eigenvalue weighted by Crippen LogP contribution is -2.31. The smallest absolute Gasteiger partial charge is 0.292 e. The first-order valence-electron chi connectivity index (χ1n) is 8.39. The number of hydrogen-bond donors (Lipinski definition) is 0. The number of benzene rings is 1. The third kappa shape index (κ3) is 4.82. The highest BCUT2D eigenvalue weighted by Gasteiger charge is 2.21. The average Bonchev–Trinajstić information content (AvgIpc) is 2.76. The number of aromatic nitrogens is 1. The molecule has 0 bridgehead atoms. The fourth-order valence-electron chi connectivity index (χ4n) is 2.82. The predicted octanol–water partition coefficient (Wildman–Crippen LogP) is 5.03. The first kappa shape index (κ1) is 18.0. The van der Waals surface area contributed by atoms with E-state index in [9.17, 15) is 4.79 Å². The maximum absolute atomic E-state index is 11.9. The minimum Gasteiger partial charge on any atom is -0.520 e. The number of carbonyl (C=O) groups excluding carboxylic acids is 1. The molecule has 0 unspecified atom stereocenters. The van der Waals surface area contributed by atoms with Crippen LogP contribution < -0.4 is 0 Å². The van der Waals surface area contributed by atoms with E-state index in [1.165, 1.54) is 16.5 Å². The number of fused-ring (bicyclic) bond motifs is 1. The van der Waals surface area contributed by atoms with E-state index in [-0.39, 0.29) is 5.97 Å². The first-order chi connectivity index (χ1) is 10.6. The Labute approximate surface area is 141 Å². The summed E-state index contributed by atoms with van der Waals surface area (Å²) in [6, 6.07) is 8.60. The Morgan fingerprint density at radius 1 is 1.09 bits per heavy atom. The Bertz CT molecular complexity index is 693. The topological polar surface area (TPSA) is 31.2 Å². The maximum Gasteiger partial charge on any atom is 0.292 e. The summed E-state index contributed by atoms with van der Waals surface area (Å²) >= 11 is 0. The van der Waals surface area contributed by atoms with Gasteiger partial charge in [0.1, 0.15) is 0 Å². The number of para-hydroxylation sites is 1. The average molecular weight is 348 g/mol. The number of aryl methyl sites for hydroxylation is 1. The number of nitrogens with zero attached hydrogens (tertiary/aromatic N) is 1. The summed E-state index contributed by atoms with van der Waals surface area (Å²) in [6.07, 6.45) is 4.60. The van der Waals surface area contributed by atoms with Crippen LogP contribution in [-0.4, -0.2) is 26.8 Å². The van der Waals surface area contributed by atoms with Gasteiger partial charge in [-0.2, -0.15) is 0 Å². The second-order valence-electron chi connectivity index (χ2n) is 8.15. The Morgan fingerprint density at radius 3 is 2.35 bits per heavy atom. The third-order valence-electron chi connectivity index (χ3n) is 3.76. The molecule has 2 rings (SSSR count). The summed E-state index contributed by atoms with van der Waals surface area (Å²) in [6.45, 7) is 13.2. The van der Waals surface area contributed by atoms with Crippen LogP contribution in [0.1, 0.15) is 18.4 Å². The quantitative estimate of drug-likeness (QED) is 0.687. The molecule has 0 saturated heterocycles. The van der Waals surface area contributed by atoms with Gasteiger partial charge in [0.15, 0.2) is 8.24 Å². The van der Waals surface area contributed by atoms with Crippen molar-refractivity contribution in [2.45, 2.75) is 58.5 Å². The van der Waals surface area contributed by atoms with Gasteiger partial charge in [-0.25, -0.2) is 0 Å². The molecular weight excluding hydrogens is 318 g/mol. The van der Waals surface area contributed by atoms with Crippen molar-refractivity contribution in [2.24, 2.45) is 0 Å². The van der Waals surface area contributed by atoms with E-state index in [0.717, 1.165) is 12.8 Å². The third-order valence-corrected chi connectivity index (χ3v) is 6.42. The molecule has 126 valence electrons. The van der Waals surface area contributed by atoms with Crippen molar-refractivity contribution in [2.75, 3.05) is 0 Å². The molecule has 1 heterocycles. The summed E-state index contributed by atoms with van der Waals surface area (Å²) in [7, 11) is -3.20. The molecule has 0 spiro atoms. The molecule has 1 aromatic carbocycles. The highest BCUT2D eigenvalue weighted by Crippen LogP contribution is 2.26. The van der Waals surface area contributed by atoms with Gasteiger partial charge < -0.3 is 8.66 Å². The fourth-order valence-corrected chi connectivity index (χ4v) is 5.07. The highest BCUT2D eigenvalue weighted by atomic mass is 28.4. The number of carbonyl (C=O) groups is 1. The van der Waals surface area contributed by atoms with E-state index in [0.29, 0.717) is 6.42 Å². The van der Waals surface area contributed by atoms with E-state index in [2.05, 4.69) is 54.3 Å². The van der Waals surface area contributed by atoms with Crippen molar-refractivity contribution < 1.29 is 9.22 Å². The summed E-state index contributed by atoms with van der Waals surface area (Å²) in [5.74, 6) is -0.0434. The molecule has 0 saturated carbocycles. The molecule has 0 fully saturated rings. The van der Waals surface area contributed by atoms with Gasteiger partial charge >= 0.3 is 0 Å². The van der Waals surface area contributed by atoms with E-state index in [1.807, 2.05) is 19.6 Å². The molecule has 0 aliphatic rings. The van der Waals surface area contributed by atoms with E-state index in [1.54, 1.807) is 0 Å². The van der Waals surface area contributed by atoms with Crippen molar-refractivity contribution in [3.8, 4) is 0 Å². The Morgan fingerprint density at radius 2 is 1.74 bits per heavy atom. The van der Waals surface area contributed by atoms with Gasteiger partial charge in [-0.3, -0.25) is 4.79 Å². The van der Waals surface area contributed by atoms with Crippen LogP contribution in [0, 0.1) is 0 Å². The first-order valence-corrected chi connectivity index (χ1v) is 15.2. The molecule has 0 atom stereocenters. The largest absolute Gasteiger partial charge is 0.520 e. The zero-order valence-corrected chi connectivity index (χ0v) is 17.3. The maximum atomic E-state index is 11.9. The molecule has 0 amide bonds. The highest BCUT2D eigenvalue weighted by molar-refractivity contribution is 6.75. The SMILES string of the molecule is C[Si](C)(C)OC(=O)CCCc1cn([Si](C)(C)C)c2ccccc12. The molecule has 3 nitrogen and oxygen atoms in total. The Balaban J connectivity index is 2.11. The van der Waals surface area contributed by atoms with E-state index < -0.39 is 16.6 Å². The zero-order chi connectivity index (χ0) is 17.3. The summed E-state index contributed by atoms with van der Waals surface area (Å²) in [4.78, 5) is 11.9. The summed E-state index contributed by atoms with van der Waals surface area (Å²) in [5.41, 5.74) is 2.68. The molecule has 0 radical (unpaired) electrons. The van der Waals surface area contributed by atoms with Gasteiger partial charge in [0, 0.05) is 17.3 Å². The van der Waals surface area contributed by atoms with Crippen LogP contribution >= 0.6 is 0 Å². The van der Waals surface area contributed by atoms with Crippen LogP contribution in [0.4, 0.5) is 0 Å². The van der Waals surface area contributed by atoms with Gasteiger partial charge in [0.2, 0.25) is 8.32 Å². The Kier molecular flexibility index (Phi) is 5.21. The zero-order valence-electron chi connectivity index (χ0n) is 15.3. The van der Waals surface area contributed by atoms with Crippen LogP contribution in [-0.2, 0) is 15.6 Å². The number of rotatable bonds is 6. The van der Waals surface area contributed by atoms with Crippen LogP contribution in [0.25, 0.3) is 10.9 Å². The minimum absolute atomic E-state index is 0.0434. The van der Waals surface area contributed by atoms with Crippen molar-refractivity contribution in [1.29, 1.82) is 0 Å². The Hall–Kier alpha value is -1.34. The lowest BCUT2D eigenvalue weighted by atomic mass is 10.1. The van der Waals surface area contributed by atoms with Gasteiger partial charge in [0.25, 0.3) is 5.97 Å². The van der Waals surface area contributed by atoms with Crippen molar-refractivity contribution in [3.05, 3.63) is 36.0 Å². The second-order valence-corrected chi connectivity index (χ2v) is 17.4. The lowest BCUT2D eigenvalue weighted by Gasteiger charge is -2.20. The van der Waals surface area contributed by atoms with Gasteiger partial charge in [-0.15, -0.1) is 0 Å². The van der Waals surface area contributed by atoms with Crippen molar-refractivity contribution in [3.63, 3.8) is 0 Å². The van der Waals surface area contributed by atoms with Crippen molar-refractivity contribution in [1.82, 2.24) is 4.23 Å². The standard InChI is InChI=1S/C18H29NO2Si2/c1-22(2,3)19-14-15(16-11-7-8-12-17(16)19)10-9-13-18(20)21-23(4,5)6/h7-8,11-12,14H,9-10,13H2,1-6H3. The molecule has 0 aliphatic heterocycles. The van der Waals surface area contributed by atoms with E-state index in [4.69, 9.17) is 4.43 Å². The summed E-state index contributed by atoms with van der Waals surface area (Å²) < 4.78 is 7.99. The molecule has 0 N–H and O–H groups in total.